The summed E-state index contributed by atoms with van der Waals surface area (Å²) >= 11 is 0. The Morgan fingerprint density at radius 1 is 1.32 bits per heavy atom. The van der Waals surface area contributed by atoms with E-state index in [0.717, 1.165) is 12.1 Å². The highest BCUT2D eigenvalue weighted by molar-refractivity contribution is 7.92. The molecule has 1 aliphatic heterocycles. The average molecular weight is 295 g/mol. The van der Waals surface area contributed by atoms with E-state index in [1.165, 1.54) is 0 Å². The van der Waals surface area contributed by atoms with Crippen molar-refractivity contribution >= 4 is 15.5 Å². The van der Waals surface area contributed by atoms with Crippen LogP contribution in [-0.4, -0.2) is 26.9 Å². The van der Waals surface area contributed by atoms with Gasteiger partial charge in [-0.15, -0.1) is 0 Å². The molecule has 1 atom stereocenters. The van der Waals surface area contributed by atoms with Crippen LogP contribution < -0.4 is 5.73 Å². The Morgan fingerprint density at radius 3 is 2.47 bits per heavy atom. The molecular formula is C11H12F3NO3S. The van der Waals surface area contributed by atoms with E-state index in [4.69, 9.17) is 10.5 Å². The van der Waals surface area contributed by atoms with Crippen LogP contribution in [0.15, 0.2) is 23.1 Å². The highest BCUT2D eigenvalue weighted by atomic mass is 32.2. The molecule has 8 heteroatoms. The number of anilines is 1. The zero-order valence-corrected chi connectivity index (χ0v) is 10.6. The maximum Gasteiger partial charge on any atom is 0.416 e. The number of alkyl halides is 3. The third-order valence-electron chi connectivity index (χ3n) is 2.97. The monoisotopic (exact) mass is 295 g/mol. The molecular weight excluding hydrogens is 283 g/mol. The second-order valence-corrected chi connectivity index (χ2v) is 6.48. The van der Waals surface area contributed by atoms with Gasteiger partial charge in [-0.3, -0.25) is 0 Å². The van der Waals surface area contributed by atoms with Crippen LogP contribution in [0.3, 0.4) is 0 Å². The van der Waals surface area contributed by atoms with Crippen LogP contribution in [0.2, 0.25) is 0 Å². The summed E-state index contributed by atoms with van der Waals surface area (Å²) in [6.07, 6.45) is -4.23. The molecule has 4 nitrogen and oxygen atoms in total. The van der Waals surface area contributed by atoms with Crippen molar-refractivity contribution in [1.29, 1.82) is 0 Å². The smallest absolute Gasteiger partial charge is 0.398 e. The summed E-state index contributed by atoms with van der Waals surface area (Å²) in [6.45, 7) is 0.368. The Hall–Kier alpha value is -1.28. The lowest BCUT2D eigenvalue weighted by molar-refractivity contribution is -0.137. The molecule has 1 aromatic rings. The molecule has 1 unspecified atom stereocenters. The number of nitrogens with two attached hydrogens (primary N) is 1. The van der Waals surface area contributed by atoms with Gasteiger partial charge in [-0.25, -0.2) is 8.42 Å². The number of hydrogen-bond donors (Lipinski definition) is 1. The van der Waals surface area contributed by atoms with Crippen molar-refractivity contribution in [3.8, 4) is 0 Å². The van der Waals surface area contributed by atoms with Gasteiger partial charge in [-0.05, 0) is 24.6 Å². The van der Waals surface area contributed by atoms with E-state index < -0.39 is 26.8 Å². The van der Waals surface area contributed by atoms with Gasteiger partial charge in [0.05, 0.1) is 28.0 Å². The molecule has 1 aliphatic rings. The summed E-state index contributed by atoms with van der Waals surface area (Å²) in [6, 6.07) is 2.27. The van der Waals surface area contributed by atoms with E-state index in [0.29, 0.717) is 19.1 Å². The second-order valence-electron chi connectivity index (χ2n) is 4.28. The van der Waals surface area contributed by atoms with Gasteiger partial charge in [0.25, 0.3) is 0 Å². The molecule has 0 aliphatic carbocycles. The van der Waals surface area contributed by atoms with Gasteiger partial charge in [0, 0.05) is 6.61 Å². The molecule has 19 heavy (non-hydrogen) atoms. The summed E-state index contributed by atoms with van der Waals surface area (Å²) in [4.78, 5) is -0.268. The minimum absolute atomic E-state index is 0.0444. The first-order valence-corrected chi connectivity index (χ1v) is 7.06. The molecule has 106 valence electrons. The fourth-order valence-corrected chi connectivity index (χ4v) is 3.61. The fourth-order valence-electron chi connectivity index (χ4n) is 1.92. The maximum atomic E-state index is 12.5. The van der Waals surface area contributed by atoms with Crippen LogP contribution in [-0.2, 0) is 20.8 Å². The molecule has 1 fully saturated rings. The van der Waals surface area contributed by atoms with Gasteiger partial charge < -0.3 is 10.5 Å². The zero-order chi connectivity index (χ0) is 14.3. The lowest BCUT2D eigenvalue weighted by Crippen LogP contribution is -2.22. The van der Waals surface area contributed by atoms with Crippen LogP contribution in [0.4, 0.5) is 18.9 Å². The van der Waals surface area contributed by atoms with Crippen LogP contribution in [0.1, 0.15) is 12.0 Å². The number of nitrogen functional groups attached to an aromatic ring is 1. The minimum atomic E-state index is -4.55. The number of halogens is 3. The van der Waals surface area contributed by atoms with Gasteiger partial charge in [-0.1, -0.05) is 0 Å². The van der Waals surface area contributed by atoms with E-state index in [2.05, 4.69) is 0 Å². The molecule has 0 bridgehead atoms. The van der Waals surface area contributed by atoms with Crippen molar-refractivity contribution in [3.05, 3.63) is 23.8 Å². The van der Waals surface area contributed by atoms with Crippen LogP contribution in [0.5, 0.6) is 0 Å². The topological polar surface area (TPSA) is 69.4 Å². The molecule has 1 heterocycles. The van der Waals surface area contributed by atoms with Crippen molar-refractivity contribution in [1.82, 2.24) is 0 Å². The van der Waals surface area contributed by atoms with E-state index in [1.807, 2.05) is 0 Å². The van der Waals surface area contributed by atoms with E-state index in [-0.39, 0.29) is 17.2 Å². The lowest BCUT2D eigenvalue weighted by Gasteiger charge is -2.14. The average Bonchev–Trinajstić information content (AvgIpc) is 2.81. The van der Waals surface area contributed by atoms with Crippen molar-refractivity contribution in [2.24, 2.45) is 0 Å². The Kier molecular flexibility index (Phi) is 3.48. The summed E-state index contributed by atoms with van der Waals surface area (Å²) in [5, 5.41) is -0.744. The van der Waals surface area contributed by atoms with Gasteiger partial charge in [0.1, 0.15) is 0 Å². The highest BCUT2D eigenvalue weighted by Gasteiger charge is 2.35. The molecule has 0 aromatic heterocycles. The van der Waals surface area contributed by atoms with E-state index in [1.54, 1.807) is 0 Å². The van der Waals surface area contributed by atoms with Crippen molar-refractivity contribution < 1.29 is 26.3 Å². The minimum Gasteiger partial charge on any atom is -0.398 e. The Morgan fingerprint density at radius 2 is 2.00 bits per heavy atom. The first kappa shape index (κ1) is 14.1. The van der Waals surface area contributed by atoms with Crippen molar-refractivity contribution in [2.45, 2.75) is 22.7 Å². The number of rotatable bonds is 2. The van der Waals surface area contributed by atoms with Crippen LogP contribution in [0, 0.1) is 0 Å². The quantitative estimate of drug-likeness (QED) is 0.845. The van der Waals surface area contributed by atoms with Crippen molar-refractivity contribution in [3.63, 3.8) is 0 Å². The number of ether oxygens (including phenoxy) is 1. The first-order chi connectivity index (χ1) is 8.73. The van der Waals surface area contributed by atoms with Crippen LogP contribution >= 0.6 is 0 Å². The number of benzene rings is 1. The SMILES string of the molecule is Nc1cc(C(F)(F)F)ccc1S(=O)(=O)C1CCOC1. The zero-order valence-electron chi connectivity index (χ0n) is 9.77. The van der Waals surface area contributed by atoms with Crippen LogP contribution in [0.25, 0.3) is 0 Å². The third-order valence-corrected chi connectivity index (χ3v) is 5.20. The second kappa shape index (κ2) is 4.68. The highest BCUT2D eigenvalue weighted by Crippen LogP contribution is 2.34. The molecule has 0 saturated carbocycles. The van der Waals surface area contributed by atoms with Gasteiger partial charge in [0.15, 0.2) is 9.84 Å². The first-order valence-electron chi connectivity index (χ1n) is 5.51. The number of sulfone groups is 1. The maximum absolute atomic E-state index is 12.5. The molecule has 1 aromatic carbocycles. The van der Waals surface area contributed by atoms with E-state index in [9.17, 15) is 21.6 Å². The molecule has 0 radical (unpaired) electrons. The summed E-state index contributed by atoms with van der Waals surface area (Å²) in [5.41, 5.74) is 4.10. The van der Waals surface area contributed by atoms with Gasteiger partial charge >= 0.3 is 6.18 Å². The van der Waals surface area contributed by atoms with Crippen molar-refractivity contribution in [2.75, 3.05) is 18.9 Å². The Labute approximate surface area is 108 Å². The Balaban J connectivity index is 2.41. The van der Waals surface area contributed by atoms with E-state index >= 15 is 0 Å². The summed E-state index contributed by atoms with van der Waals surface area (Å²) in [7, 11) is -3.75. The van der Waals surface area contributed by atoms with Gasteiger partial charge in [-0.2, -0.15) is 13.2 Å². The summed E-state index contributed by atoms with van der Waals surface area (Å²) < 4.78 is 66.7. The largest absolute Gasteiger partial charge is 0.416 e. The fraction of sp³-hybridized carbons (Fsp3) is 0.455. The third kappa shape index (κ3) is 2.69. The molecule has 0 amide bonds. The normalized spacial score (nSPS) is 20.7. The lowest BCUT2D eigenvalue weighted by atomic mass is 10.2. The Bertz CT molecular complexity index is 577. The molecule has 2 N–H and O–H groups in total. The number of hydrogen-bond acceptors (Lipinski definition) is 4. The molecule has 1 saturated heterocycles. The predicted octanol–water partition coefficient (Wildman–Crippen LogP) is 1.85. The molecule has 2 rings (SSSR count). The standard InChI is InChI=1S/C11H12F3NO3S/c12-11(13,14)7-1-2-10(9(15)5-7)19(16,17)8-3-4-18-6-8/h1-2,5,8H,3-4,6,15H2. The summed E-state index contributed by atoms with van der Waals surface area (Å²) in [5.74, 6) is 0. The van der Waals surface area contributed by atoms with Gasteiger partial charge in [0.2, 0.25) is 0 Å². The molecule has 0 spiro atoms. The predicted molar refractivity (Wildman–Crippen MR) is 62.3 cm³/mol.